The number of carbonyl (C=O) groups excluding carboxylic acids is 1. The van der Waals surface area contributed by atoms with E-state index >= 15 is 0 Å². The second kappa shape index (κ2) is 7.24. The number of ether oxygens (including phenoxy) is 3. The van der Waals surface area contributed by atoms with E-state index in [9.17, 15) is 14.9 Å². The maximum atomic E-state index is 12.3. The van der Waals surface area contributed by atoms with E-state index in [0.717, 1.165) is 0 Å². The van der Waals surface area contributed by atoms with Crippen LogP contribution in [0.4, 0.5) is 5.69 Å². The summed E-state index contributed by atoms with van der Waals surface area (Å²) in [5.74, 6) is -0.588. The van der Waals surface area contributed by atoms with Crippen molar-refractivity contribution in [2.45, 2.75) is 0 Å². The Morgan fingerprint density at radius 2 is 1.67 bits per heavy atom. The first-order valence-corrected chi connectivity index (χ1v) is 7.76. The number of nitro benzene ring substituents is 1. The predicted octanol–water partition coefficient (Wildman–Crippen LogP) is 3.01. The van der Waals surface area contributed by atoms with E-state index < -0.39 is 16.6 Å². The van der Waals surface area contributed by atoms with Gasteiger partial charge in [-0.3, -0.25) is 10.1 Å². The van der Waals surface area contributed by atoms with Crippen LogP contribution in [0.2, 0.25) is 0 Å². The fourth-order valence-corrected chi connectivity index (χ4v) is 2.67. The van der Waals surface area contributed by atoms with Gasteiger partial charge in [-0.2, -0.15) is 0 Å². The van der Waals surface area contributed by atoms with E-state index in [1.165, 1.54) is 27.4 Å². The molecule has 3 aromatic rings. The number of nitro groups is 1. The molecule has 0 spiro atoms. The highest BCUT2D eigenvalue weighted by molar-refractivity contribution is 6.00. The molecule has 9 nitrogen and oxygen atoms in total. The van der Waals surface area contributed by atoms with Crippen molar-refractivity contribution in [1.29, 1.82) is 0 Å². The second-order valence-corrected chi connectivity index (χ2v) is 5.36. The zero-order chi connectivity index (χ0) is 19.6. The van der Waals surface area contributed by atoms with Gasteiger partial charge in [0, 0.05) is 11.6 Å². The van der Waals surface area contributed by atoms with Crippen LogP contribution in [0, 0.1) is 10.1 Å². The molecule has 0 saturated heterocycles. The predicted molar refractivity (Wildman–Crippen MR) is 96.1 cm³/mol. The maximum Gasteiger partial charge on any atom is 0.358 e. The van der Waals surface area contributed by atoms with E-state index in [1.54, 1.807) is 24.3 Å². The Bertz CT molecular complexity index is 1040. The van der Waals surface area contributed by atoms with Crippen molar-refractivity contribution in [3.8, 4) is 22.8 Å². The first-order chi connectivity index (χ1) is 13.0. The van der Waals surface area contributed by atoms with Gasteiger partial charge in [0.15, 0.2) is 17.0 Å². The van der Waals surface area contributed by atoms with E-state index in [-0.39, 0.29) is 33.9 Å². The van der Waals surface area contributed by atoms with E-state index in [2.05, 4.69) is 9.97 Å². The van der Waals surface area contributed by atoms with Gasteiger partial charge in [0.1, 0.15) is 11.2 Å². The number of rotatable bonds is 5. The molecule has 0 atom stereocenters. The van der Waals surface area contributed by atoms with Crippen LogP contribution in [0.25, 0.3) is 22.3 Å². The lowest BCUT2D eigenvalue weighted by molar-refractivity contribution is -0.384. The Balaban J connectivity index is 2.48. The van der Waals surface area contributed by atoms with Gasteiger partial charge in [0.25, 0.3) is 0 Å². The molecule has 0 fully saturated rings. The van der Waals surface area contributed by atoms with Gasteiger partial charge < -0.3 is 14.2 Å². The van der Waals surface area contributed by atoms with Crippen LogP contribution in [0.15, 0.2) is 36.4 Å². The summed E-state index contributed by atoms with van der Waals surface area (Å²) in [4.78, 5) is 31.9. The summed E-state index contributed by atoms with van der Waals surface area (Å²) < 4.78 is 15.2. The monoisotopic (exact) mass is 369 g/mol. The van der Waals surface area contributed by atoms with E-state index in [4.69, 9.17) is 14.2 Å². The number of esters is 1. The van der Waals surface area contributed by atoms with Crippen molar-refractivity contribution in [2.24, 2.45) is 0 Å². The third kappa shape index (κ3) is 3.10. The highest BCUT2D eigenvalue weighted by Crippen LogP contribution is 2.40. The van der Waals surface area contributed by atoms with Crippen molar-refractivity contribution in [2.75, 3.05) is 21.3 Å². The van der Waals surface area contributed by atoms with Crippen LogP contribution in [0.5, 0.6) is 11.5 Å². The normalized spacial score (nSPS) is 10.5. The molecule has 0 bridgehead atoms. The number of nitrogens with zero attached hydrogens (tertiary/aromatic N) is 3. The summed E-state index contributed by atoms with van der Waals surface area (Å²) in [6, 6.07) is 10.2. The van der Waals surface area contributed by atoms with Crippen LogP contribution >= 0.6 is 0 Å². The smallest absolute Gasteiger partial charge is 0.358 e. The Hall–Kier alpha value is -3.75. The molecule has 3 rings (SSSR count). The summed E-state index contributed by atoms with van der Waals surface area (Å²) >= 11 is 0. The van der Waals surface area contributed by atoms with Crippen molar-refractivity contribution in [3.05, 3.63) is 52.2 Å². The molecule has 0 amide bonds. The Morgan fingerprint density at radius 3 is 2.22 bits per heavy atom. The fourth-order valence-electron chi connectivity index (χ4n) is 2.67. The van der Waals surface area contributed by atoms with Crippen LogP contribution < -0.4 is 9.47 Å². The van der Waals surface area contributed by atoms with Crippen LogP contribution in [0.1, 0.15) is 10.5 Å². The minimum Gasteiger partial charge on any atom is -0.494 e. The molecule has 2 aromatic carbocycles. The molecule has 0 N–H and O–H groups in total. The number of carbonyl (C=O) groups is 1. The molecule has 0 unspecified atom stereocenters. The number of hydrogen-bond acceptors (Lipinski definition) is 8. The third-order valence-electron chi connectivity index (χ3n) is 3.90. The lowest BCUT2D eigenvalue weighted by Gasteiger charge is -2.12. The van der Waals surface area contributed by atoms with Crippen LogP contribution in [0.3, 0.4) is 0 Å². The molecule has 0 aliphatic carbocycles. The molecule has 0 saturated carbocycles. The number of fused-ring (bicyclic) bond motifs is 1. The van der Waals surface area contributed by atoms with Gasteiger partial charge in [0.2, 0.25) is 5.75 Å². The molecule has 0 aliphatic heterocycles. The summed E-state index contributed by atoms with van der Waals surface area (Å²) in [5.41, 5.74) is 0.286. The Labute approximate surface area is 153 Å². The average Bonchev–Trinajstić information content (AvgIpc) is 2.71. The standard InChI is InChI=1S/C18H15N3O6/c1-25-11-9-12(26-2)17(21(23)24)15-14(11)19-13(10-7-5-4-6-8-10)16(20-15)18(22)27-3/h4-9H,1-3H3. The van der Waals surface area contributed by atoms with Gasteiger partial charge in [-0.25, -0.2) is 14.8 Å². The van der Waals surface area contributed by atoms with Crippen molar-refractivity contribution >= 4 is 22.7 Å². The minimum atomic E-state index is -0.765. The Morgan fingerprint density at radius 1 is 1.00 bits per heavy atom. The van der Waals surface area contributed by atoms with Gasteiger partial charge in [-0.05, 0) is 0 Å². The summed E-state index contributed by atoms with van der Waals surface area (Å²) in [5, 5.41) is 11.6. The zero-order valence-electron chi connectivity index (χ0n) is 14.8. The van der Waals surface area contributed by atoms with Crippen molar-refractivity contribution in [1.82, 2.24) is 9.97 Å². The lowest BCUT2D eigenvalue weighted by Crippen LogP contribution is -2.10. The molecule has 138 valence electrons. The maximum absolute atomic E-state index is 12.3. The molecule has 27 heavy (non-hydrogen) atoms. The third-order valence-corrected chi connectivity index (χ3v) is 3.90. The summed E-state index contributed by atoms with van der Waals surface area (Å²) in [6.45, 7) is 0. The first-order valence-electron chi connectivity index (χ1n) is 7.76. The fraction of sp³-hybridized carbons (Fsp3) is 0.167. The second-order valence-electron chi connectivity index (χ2n) is 5.36. The highest BCUT2D eigenvalue weighted by Gasteiger charge is 2.29. The van der Waals surface area contributed by atoms with Crippen LogP contribution in [-0.2, 0) is 4.74 Å². The van der Waals surface area contributed by atoms with Crippen molar-refractivity contribution < 1.29 is 23.9 Å². The number of benzene rings is 2. The van der Waals surface area contributed by atoms with Gasteiger partial charge in [-0.15, -0.1) is 0 Å². The molecule has 0 radical (unpaired) electrons. The number of aromatic nitrogens is 2. The summed E-state index contributed by atoms with van der Waals surface area (Å²) in [7, 11) is 3.89. The van der Waals surface area contributed by atoms with E-state index in [0.29, 0.717) is 5.56 Å². The topological polar surface area (TPSA) is 114 Å². The van der Waals surface area contributed by atoms with Gasteiger partial charge in [-0.1, -0.05) is 30.3 Å². The molecule has 1 heterocycles. The quantitative estimate of drug-likeness (QED) is 0.383. The Kier molecular flexibility index (Phi) is 4.84. The molecular formula is C18H15N3O6. The first kappa shape index (κ1) is 18.1. The van der Waals surface area contributed by atoms with Gasteiger partial charge in [0.05, 0.1) is 26.3 Å². The molecular weight excluding hydrogens is 354 g/mol. The van der Waals surface area contributed by atoms with Crippen LogP contribution in [-0.4, -0.2) is 42.2 Å². The van der Waals surface area contributed by atoms with E-state index in [1.807, 2.05) is 6.07 Å². The van der Waals surface area contributed by atoms with Crippen molar-refractivity contribution in [3.63, 3.8) is 0 Å². The summed E-state index contributed by atoms with van der Waals surface area (Å²) in [6.07, 6.45) is 0. The number of hydrogen-bond donors (Lipinski definition) is 0. The molecule has 1 aromatic heterocycles. The van der Waals surface area contributed by atoms with Gasteiger partial charge >= 0.3 is 11.7 Å². The average molecular weight is 369 g/mol. The molecule has 0 aliphatic rings. The minimum absolute atomic E-state index is 0.0538. The molecule has 9 heteroatoms. The SMILES string of the molecule is COC(=O)c1nc2c([N+](=O)[O-])c(OC)cc(OC)c2nc1-c1ccccc1. The lowest BCUT2D eigenvalue weighted by atomic mass is 10.1. The number of methoxy groups -OCH3 is 3. The highest BCUT2D eigenvalue weighted by atomic mass is 16.6. The zero-order valence-corrected chi connectivity index (χ0v) is 14.8. The largest absolute Gasteiger partial charge is 0.494 e.